The lowest BCUT2D eigenvalue weighted by atomic mass is 9.50. The second-order valence-corrected chi connectivity index (χ2v) is 8.76. The minimum absolute atomic E-state index is 0.429. The van der Waals surface area contributed by atoms with Crippen molar-refractivity contribution in [2.75, 3.05) is 0 Å². The average Bonchev–Trinajstić information content (AvgIpc) is 2.55. The maximum absolute atomic E-state index is 9.19. The van der Waals surface area contributed by atoms with Crippen LogP contribution in [0.15, 0.2) is 0 Å². The van der Waals surface area contributed by atoms with Gasteiger partial charge in [-0.1, -0.05) is 27.7 Å². The van der Waals surface area contributed by atoms with Crippen molar-refractivity contribution in [3.05, 3.63) is 0 Å². The Morgan fingerprint density at radius 1 is 1.28 bits per heavy atom. The maximum Gasteiger partial charge on any atom is 0.133 e. The summed E-state index contributed by atoms with van der Waals surface area (Å²) in [4.78, 5) is 0. The van der Waals surface area contributed by atoms with E-state index in [2.05, 4.69) is 33.1 Å². The van der Waals surface area contributed by atoms with Gasteiger partial charge in [0.05, 0.1) is 0 Å². The Morgan fingerprint density at radius 3 is 2.61 bits per heavy atom. The van der Waals surface area contributed by atoms with Crippen LogP contribution in [0.4, 0.5) is 0 Å². The number of fused-ring (bicyclic) bond motifs is 1. The molecule has 6 atom stereocenters. The Balaban J connectivity index is 2.01. The highest BCUT2D eigenvalue weighted by atomic mass is 32.2. The summed E-state index contributed by atoms with van der Waals surface area (Å²) in [7, 11) is 0. The van der Waals surface area contributed by atoms with E-state index in [1.54, 1.807) is 11.8 Å². The van der Waals surface area contributed by atoms with Crippen LogP contribution in [0.3, 0.4) is 0 Å². The molecule has 4 aliphatic rings. The van der Waals surface area contributed by atoms with Gasteiger partial charge >= 0.3 is 0 Å². The molecule has 0 radical (unpaired) electrons. The summed E-state index contributed by atoms with van der Waals surface area (Å²) in [6.07, 6.45) is 5.53. The molecule has 2 heteroatoms. The van der Waals surface area contributed by atoms with Crippen LogP contribution in [0.25, 0.3) is 0 Å². The molecule has 0 aromatic heterocycles. The fourth-order valence-electron chi connectivity index (χ4n) is 5.96. The lowest BCUT2D eigenvalue weighted by Gasteiger charge is -2.59. The number of nitrogens with zero attached hydrogens (tertiary/aromatic N) is 1. The fourth-order valence-corrected chi connectivity index (χ4v) is 7.10. The first-order valence-corrected chi connectivity index (χ1v) is 8.35. The van der Waals surface area contributed by atoms with Crippen molar-refractivity contribution in [2.24, 2.45) is 34.5 Å². The van der Waals surface area contributed by atoms with Crippen LogP contribution >= 0.6 is 11.8 Å². The van der Waals surface area contributed by atoms with Gasteiger partial charge in [-0.25, -0.2) is 0 Å². The normalized spacial score (nSPS) is 53.8. The van der Waals surface area contributed by atoms with Gasteiger partial charge in [0.25, 0.3) is 0 Å². The molecule has 0 aliphatic heterocycles. The average molecular weight is 263 g/mol. The molecule has 0 spiro atoms. The lowest BCUT2D eigenvalue weighted by molar-refractivity contribution is -0.0351. The van der Waals surface area contributed by atoms with E-state index in [9.17, 15) is 5.26 Å². The van der Waals surface area contributed by atoms with Crippen LogP contribution in [0.5, 0.6) is 0 Å². The highest BCUT2D eigenvalue weighted by Crippen LogP contribution is 2.72. The van der Waals surface area contributed by atoms with Crippen molar-refractivity contribution in [1.29, 1.82) is 5.26 Å². The molecule has 0 heterocycles. The van der Waals surface area contributed by atoms with E-state index in [1.165, 1.54) is 25.7 Å². The Hall–Kier alpha value is -0.160. The third-order valence-corrected chi connectivity index (χ3v) is 8.03. The Labute approximate surface area is 116 Å². The van der Waals surface area contributed by atoms with Crippen LogP contribution in [-0.4, -0.2) is 5.25 Å². The molecule has 18 heavy (non-hydrogen) atoms. The second-order valence-electron chi connectivity index (χ2n) is 7.87. The molecule has 4 bridgehead atoms. The molecule has 4 fully saturated rings. The van der Waals surface area contributed by atoms with Crippen molar-refractivity contribution in [3.8, 4) is 5.40 Å². The Kier molecular flexibility index (Phi) is 2.80. The number of hydrogen-bond acceptors (Lipinski definition) is 2. The summed E-state index contributed by atoms with van der Waals surface area (Å²) >= 11 is 1.59. The SMILES string of the molecule is CC(C)C1CC2(C)C3CCC(C)(CC13)C2SC#N. The highest BCUT2D eigenvalue weighted by Gasteiger charge is 2.66. The van der Waals surface area contributed by atoms with Gasteiger partial charge in [0, 0.05) is 5.25 Å². The smallest absolute Gasteiger partial charge is 0.133 e. The maximum atomic E-state index is 9.19. The zero-order valence-corrected chi connectivity index (χ0v) is 12.9. The topological polar surface area (TPSA) is 23.8 Å². The molecule has 6 unspecified atom stereocenters. The zero-order chi connectivity index (χ0) is 13.1. The second kappa shape index (κ2) is 3.92. The van der Waals surface area contributed by atoms with E-state index in [0.717, 1.165) is 23.7 Å². The van der Waals surface area contributed by atoms with Crippen LogP contribution < -0.4 is 0 Å². The first-order chi connectivity index (χ1) is 8.42. The van der Waals surface area contributed by atoms with Crippen LogP contribution in [-0.2, 0) is 0 Å². The van der Waals surface area contributed by atoms with E-state index >= 15 is 0 Å². The number of rotatable bonds is 2. The molecule has 0 N–H and O–H groups in total. The van der Waals surface area contributed by atoms with Crippen molar-refractivity contribution in [2.45, 2.75) is 58.6 Å². The molecule has 100 valence electrons. The van der Waals surface area contributed by atoms with Gasteiger partial charge in [-0.3, -0.25) is 0 Å². The van der Waals surface area contributed by atoms with Gasteiger partial charge in [-0.2, -0.15) is 5.26 Å². The molecule has 0 amide bonds. The Bertz CT molecular complexity index is 398. The first kappa shape index (κ1) is 12.9. The molecule has 0 aromatic carbocycles. The van der Waals surface area contributed by atoms with E-state index in [-0.39, 0.29) is 0 Å². The summed E-state index contributed by atoms with van der Waals surface area (Å²) in [5.74, 6) is 3.57. The molecular formula is C16H25NS. The summed E-state index contributed by atoms with van der Waals surface area (Å²) in [6.45, 7) is 9.76. The molecule has 0 aromatic rings. The van der Waals surface area contributed by atoms with E-state index in [0.29, 0.717) is 16.1 Å². The zero-order valence-electron chi connectivity index (χ0n) is 12.1. The largest absolute Gasteiger partial charge is 0.185 e. The molecule has 1 nitrogen and oxygen atoms in total. The van der Waals surface area contributed by atoms with Gasteiger partial charge in [0.1, 0.15) is 5.40 Å². The van der Waals surface area contributed by atoms with Crippen molar-refractivity contribution in [1.82, 2.24) is 0 Å². The summed E-state index contributed by atoms with van der Waals surface area (Å²) in [5, 5.41) is 12.2. The van der Waals surface area contributed by atoms with Crippen LogP contribution in [0, 0.1) is 45.2 Å². The van der Waals surface area contributed by atoms with Crippen molar-refractivity contribution in [3.63, 3.8) is 0 Å². The van der Waals surface area contributed by atoms with E-state index in [4.69, 9.17) is 0 Å². The van der Waals surface area contributed by atoms with Gasteiger partial charge in [0.2, 0.25) is 0 Å². The van der Waals surface area contributed by atoms with Crippen molar-refractivity contribution >= 4 is 11.8 Å². The molecule has 0 saturated heterocycles. The predicted octanol–water partition coefficient (Wildman–Crippen LogP) is 4.69. The standard InChI is InChI=1S/C16H25NS/c1-10(2)11-8-16(4)13-5-6-15(3,7-12(11)13)14(16)18-9-17/h10-14H,5-8H2,1-4H3. The van der Waals surface area contributed by atoms with E-state index in [1.807, 2.05) is 0 Å². The molecule has 4 saturated carbocycles. The summed E-state index contributed by atoms with van der Waals surface area (Å²) in [5.41, 5.74) is 0.865. The fraction of sp³-hybridized carbons (Fsp3) is 0.938. The molecular weight excluding hydrogens is 238 g/mol. The van der Waals surface area contributed by atoms with Gasteiger partial charge in [-0.05, 0) is 71.9 Å². The van der Waals surface area contributed by atoms with E-state index < -0.39 is 0 Å². The van der Waals surface area contributed by atoms with Crippen LogP contribution in [0.2, 0.25) is 0 Å². The highest BCUT2D eigenvalue weighted by molar-refractivity contribution is 8.04. The molecule has 4 aliphatic carbocycles. The minimum atomic E-state index is 0.429. The van der Waals surface area contributed by atoms with Crippen LogP contribution in [0.1, 0.15) is 53.4 Å². The quantitative estimate of drug-likeness (QED) is 0.675. The lowest BCUT2D eigenvalue weighted by Crippen LogP contribution is -2.55. The summed E-state index contributed by atoms with van der Waals surface area (Å²) < 4.78 is 0. The monoisotopic (exact) mass is 263 g/mol. The number of thioether (sulfide) groups is 1. The first-order valence-electron chi connectivity index (χ1n) is 7.47. The van der Waals surface area contributed by atoms with Gasteiger partial charge in [-0.15, -0.1) is 0 Å². The minimum Gasteiger partial charge on any atom is -0.185 e. The van der Waals surface area contributed by atoms with Gasteiger partial charge < -0.3 is 0 Å². The number of hydrogen-bond donors (Lipinski definition) is 0. The number of thiocyanates is 1. The predicted molar refractivity (Wildman–Crippen MR) is 77.0 cm³/mol. The summed E-state index contributed by atoms with van der Waals surface area (Å²) in [6, 6.07) is 0. The number of nitriles is 1. The molecule has 4 rings (SSSR count). The Morgan fingerprint density at radius 2 is 2.00 bits per heavy atom. The third kappa shape index (κ3) is 1.46. The third-order valence-electron chi connectivity index (χ3n) is 6.58. The van der Waals surface area contributed by atoms with Crippen molar-refractivity contribution < 1.29 is 0 Å². The van der Waals surface area contributed by atoms with Gasteiger partial charge in [0.15, 0.2) is 0 Å².